The van der Waals surface area contributed by atoms with Gasteiger partial charge >= 0.3 is 0 Å². The highest BCUT2D eigenvalue weighted by molar-refractivity contribution is 6.33. The Kier molecular flexibility index (Phi) is 3.94. The van der Waals surface area contributed by atoms with Gasteiger partial charge in [-0.2, -0.15) is 0 Å². The summed E-state index contributed by atoms with van der Waals surface area (Å²) in [6.45, 7) is 0. The molecule has 0 heterocycles. The molecule has 0 aliphatic heterocycles. The molecular formula is C9H7Cl2F2. The van der Waals surface area contributed by atoms with Crippen molar-refractivity contribution in [3.63, 3.8) is 0 Å². The van der Waals surface area contributed by atoms with Crippen LogP contribution in [0.5, 0.6) is 0 Å². The Labute approximate surface area is 85.5 Å². The van der Waals surface area contributed by atoms with Crippen molar-refractivity contribution in [2.45, 2.75) is 12.8 Å². The van der Waals surface area contributed by atoms with Crippen LogP contribution in [0.4, 0.5) is 8.78 Å². The van der Waals surface area contributed by atoms with E-state index in [-0.39, 0.29) is 6.42 Å². The third-order valence-corrected chi connectivity index (χ3v) is 2.05. The average Bonchev–Trinajstić information content (AvgIpc) is 2.06. The molecule has 1 aromatic carbocycles. The third-order valence-electron chi connectivity index (χ3n) is 1.47. The Bertz CT molecular complexity index is 287. The van der Waals surface area contributed by atoms with Gasteiger partial charge in [0.05, 0.1) is 0 Å². The number of rotatable bonds is 3. The molecule has 0 atom stereocenters. The van der Waals surface area contributed by atoms with Crippen molar-refractivity contribution in [1.82, 2.24) is 0 Å². The van der Waals surface area contributed by atoms with E-state index < -0.39 is 6.43 Å². The predicted octanol–water partition coefficient (Wildman–Crippen LogP) is 4.20. The van der Waals surface area contributed by atoms with Gasteiger partial charge in [-0.05, 0) is 30.2 Å². The smallest absolute Gasteiger partial charge is 0.211 e. The summed E-state index contributed by atoms with van der Waals surface area (Å²) in [6, 6.07) is 4.76. The first-order valence-electron chi connectivity index (χ1n) is 3.66. The molecule has 0 spiro atoms. The first-order chi connectivity index (χ1) is 6.09. The second-order valence-electron chi connectivity index (χ2n) is 2.50. The summed E-state index contributed by atoms with van der Waals surface area (Å²) in [5, 5.41) is 0.926. The molecule has 0 nitrogen and oxygen atoms in total. The van der Waals surface area contributed by atoms with Gasteiger partial charge in [-0.25, -0.2) is 8.78 Å². The molecule has 0 amide bonds. The average molecular weight is 224 g/mol. The van der Waals surface area contributed by atoms with Gasteiger partial charge in [0.1, 0.15) is 0 Å². The zero-order valence-corrected chi connectivity index (χ0v) is 8.12. The van der Waals surface area contributed by atoms with Gasteiger partial charge in [0.15, 0.2) is 0 Å². The maximum atomic E-state index is 11.8. The number of hydrogen-bond acceptors (Lipinski definition) is 0. The molecule has 0 saturated heterocycles. The van der Waals surface area contributed by atoms with Crippen molar-refractivity contribution in [3.8, 4) is 0 Å². The minimum Gasteiger partial charge on any atom is -0.211 e. The summed E-state index contributed by atoms with van der Waals surface area (Å²) < 4.78 is 23.7. The van der Waals surface area contributed by atoms with E-state index in [4.69, 9.17) is 23.2 Å². The molecule has 1 radical (unpaired) electrons. The van der Waals surface area contributed by atoms with E-state index in [0.717, 1.165) is 0 Å². The first-order valence-corrected chi connectivity index (χ1v) is 4.41. The fourth-order valence-corrected chi connectivity index (χ4v) is 1.26. The van der Waals surface area contributed by atoms with Crippen LogP contribution >= 0.6 is 23.2 Å². The van der Waals surface area contributed by atoms with Crippen LogP contribution in [-0.4, -0.2) is 6.43 Å². The standard InChI is InChI=1S/C9H7Cl2F2/c10-7-2-3-8(11)6(5-7)1-4-9(12)13/h1-3,5,9H,4H2. The number of benzene rings is 1. The Morgan fingerprint density at radius 3 is 2.62 bits per heavy atom. The molecule has 1 aromatic rings. The Morgan fingerprint density at radius 2 is 2.00 bits per heavy atom. The summed E-state index contributed by atoms with van der Waals surface area (Å²) in [4.78, 5) is 0. The Balaban J connectivity index is 2.70. The molecule has 0 saturated carbocycles. The first kappa shape index (κ1) is 10.7. The van der Waals surface area contributed by atoms with E-state index in [1.807, 2.05) is 0 Å². The summed E-state index contributed by atoms with van der Waals surface area (Å²) in [5.41, 5.74) is 0.550. The van der Waals surface area contributed by atoms with Crippen LogP contribution in [0.15, 0.2) is 18.2 Å². The van der Waals surface area contributed by atoms with E-state index in [2.05, 4.69) is 0 Å². The quantitative estimate of drug-likeness (QED) is 0.721. The molecule has 0 N–H and O–H groups in total. The van der Waals surface area contributed by atoms with Gasteiger partial charge in [-0.3, -0.25) is 0 Å². The fourth-order valence-electron chi connectivity index (χ4n) is 0.887. The molecule has 0 aliphatic carbocycles. The third kappa shape index (κ3) is 3.49. The lowest BCUT2D eigenvalue weighted by atomic mass is 10.1. The van der Waals surface area contributed by atoms with Crippen molar-refractivity contribution >= 4 is 23.2 Å². The van der Waals surface area contributed by atoms with Gasteiger partial charge in [0.2, 0.25) is 6.43 Å². The van der Waals surface area contributed by atoms with Crippen molar-refractivity contribution in [2.75, 3.05) is 0 Å². The van der Waals surface area contributed by atoms with Gasteiger partial charge in [0.25, 0.3) is 0 Å². The lowest BCUT2D eigenvalue weighted by molar-refractivity contribution is 0.148. The summed E-state index contributed by atoms with van der Waals surface area (Å²) in [5.74, 6) is 0. The number of alkyl halides is 2. The van der Waals surface area contributed by atoms with Crippen LogP contribution in [0, 0.1) is 6.42 Å². The summed E-state index contributed by atoms with van der Waals surface area (Å²) in [6.07, 6.45) is -1.28. The highest BCUT2D eigenvalue weighted by Gasteiger charge is 2.06. The van der Waals surface area contributed by atoms with Crippen molar-refractivity contribution in [3.05, 3.63) is 40.2 Å². The normalized spacial score (nSPS) is 10.8. The SMILES string of the molecule is FC(F)C[CH]c1cc(Cl)ccc1Cl. The largest absolute Gasteiger partial charge is 0.239 e. The van der Waals surface area contributed by atoms with Crippen LogP contribution < -0.4 is 0 Å². The summed E-state index contributed by atoms with van der Waals surface area (Å²) >= 11 is 11.4. The zero-order valence-electron chi connectivity index (χ0n) is 6.61. The lowest BCUT2D eigenvalue weighted by Gasteiger charge is -2.03. The van der Waals surface area contributed by atoms with E-state index >= 15 is 0 Å². The van der Waals surface area contributed by atoms with Crippen LogP contribution in [0.2, 0.25) is 10.0 Å². The van der Waals surface area contributed by atoms with Crippen LogP contribution in [-0.2, 0) is 0 Å². The minimum atomic E-state index is -2.35. The molecule has 0 unspecified atom stereocenters. The second-order valence-corrected chi connectivity index (χ2v) is 3.34. The highest BCUT2D eigenvalue weighted by Crippen LogP contribution is 2.23. The Morgan fingerprint density at radius 1 is 1.31 bits per heavy atom. The van der Waals surface area contributed by atoms with Crippen LogP contribution in [0.1, 0.15) is 12.0 Å². The van der Waals surface area contributed by atoms with E-state index in [9.17, 15) is 8.78 Å². The zero-order chi connectivity index (χ0) is 9.84. The highest BCUT2D eigenvalue weighted by atomic mass is 35.5. The second kappa shape index (κ2) is 4.77. The van der Waals surface area contributed by atoms with Crippen molar-refractivity contribution in [1.29, 1.82) is 0 Å². The lowest BCUT2D eigenvalue weighted by Crippen LogP contribution is -1.92. The van der Waals surface area contributed by atoms with E-state index in [1.54, 1.807) is 18.2 Å². The number of halogens is 4. The summed E-state index contributed by atoms with van der Waals surface area (Å²) in [7, 11) is 0. The van der Waals surface area contributed by atoms with Crippen molar-refractivity contribution in [2.24, 2.45) is 0 Å². The fraction of sp³-hybridized carbons (Fsp3) is 0.222. The molecular weight excluding hydrogens is 217 g/mol. The molecule has 0 aromatic heterocycles. The monoisotopic (exact) mass is 223 g/mol. The molecule has 1 rings (SSSR count). The van der Waals surface area contributed by atoms with E-state index in [1.165, 1.54) is 6.42 Å². The van der Waals surface area contributed by atoms with Gasteiger partial charge in [-0.1, -0.05) is 23.2 Å². The predicted molar refractivity (Wildman–Crippen MR) is 50.5 cm³/mol. The maximum Gasteiger partial charge on any atom is 0.239 e. The van der Waals surface area contributed by atoms with Crippen molar-refractivity contribution < 1.29 is 8.78 Å². The Hall–Kier alpha value is -0.340. The number of hydrogen-bond donors (Lipinski definition) is 0. The van der Waals surface area contributed by atoms with Gasteiger partial charge < -0.3 is 0 Å². The molecule has 4 heteroatoms. The van der Waals surface area contributed by atoms with Gasteiger partial charge in [0, 0.05) is 16.5 Å². The van der Waals surface area contributed by atoms with Gasteiger partial charge in [-0.15, -0.1) is 0 Å². The van der Waals surface area contributed by atoms with Crippen LogP contribution in [0.25, 0.3) is 0 Å². The molecule has 71 valence electrons. The molecule has 0 fully saturated rings. The molecule has 13 heavy (non-hydrogen) atoms. The minimum absolute atomic E-state index is 0.305. The van der Waals surface area contributed by atoms with E-state index in [0.29, 0.717) is 15.6 Å². The topological polar surface area (TPSA) is 0 Å². The molecule has 0 aliphatic rings. The maximum absolute atomic E-state index is 11.8. The van der Waals surface area contributed by atoms with Crippen LogP contribution in [0.3, 0.4) is 0 Å². The molecule has 0 bridgehead atoms.